The van der Waals surface area contributed by atoms with E-state index in [0.29, 0.717) is 5.92 Å². The van der Waals surface area contributed by atoms with E-state index >= 15 is 0 Å². The summed E-state index contributed by atoms with van der Waals surface area (Å²) >= 11 is 0. The molecule has 0 aromatic heterocycles. The standard InChI is InChI=1S/C13H18FNO4S2/c1-10-2-4-11(5-3-10)15-21(18,19)13-8-6-12(7-9-13)20(14,16)17/h6-11,15H,2-5H2,1H3. The Balaban J connectivity index is 2.13. The molecule has 1 aliphatic rings. The molecule has 2 rings (SSSR count). The molecule has 1 saturated carbocycles. The second-order valence-electron chi connectivity index (χ2n) is 5.49. The zero-order valence-electron chi connectivity index (χ0n) is 11.6. The number of hydrogen-bond donors (Lipinski definition) is 1. The van der Waals surface area contributed by atoms with Crippen molar-refractivity contribution in [3.63, 3.8) is 0 Å². The van der Waals surface area contributed by atoms with Gasteiger partial charge in [0.2, 0.25) is 10.0 Å². The van der Waals surface area contributed by atoms with Crippen LogP contribution in [0.15, 0.2) is 34.1 Å². The molecule has 1 aromatic rings. The van der Waals surface area contributed by atoms with Crippen molar-refractivity contribution < 1.29 is 20.7 Å². The van der Waals surface area contributed by atoms with Crippen LogP contribution < -0.4 is 4.72 Å². The molecule has 1 aromatic carbocycles. The van der Waals surface area contributed by atoms with E-state index in [-0.39, 0.29) is 10.9 Å². The summed E-state index contributed by atoms with van der Waals surface area (Å²) in [5.41, 5.74) is 0. The first kappa shape index (κ1) is 16.4. The average Bonchev–Trinajstić information content (AvgIpc) is 2.40. The Kier molecular flexibility index (Phi) is 4.69. The minimum atomic E-state index is -4.81. The molecule has 118 valence electrons. The van der Waals surface area contributed by atoms with Crippen molar-refractivity contribution in [2.75, 3.05) is 0 Å². The fourth-order valence-corrected chi connectivity index (χ4v) is 4.21. The smallest absolute Gasteiger partial charge is 0.208 e. The Morgan fingerprint density at radius 2 is 1.43 bits per heavy atom. The topological polar surface area (TPSA) is 80.3 Å². The van der Waals surface area contributed by atoms with Crippen LogP contribution in [0.4, 0.5) is 3.89 Å². The van der Waals surface area contributed by atoms with E-state index in [1.807, 2.05) is 0 Å². The number of benzene rings is 1. The Morgan fingerprint density at radius 1 is 0.952 bits per heavy atom. The second-order valence-corrected chi connectivity index (χ2v) is 8.55. The number of rotatable bonds is 4. The number of hydrogen-bond acceptors (Lipinski definition) is 4. The maximum atomic E-state index is 12.8. The Labute approximate surface area is 124 Å². The van der Waals surface area contributed by atoms with Gasteiger partial charge in [0, 0.05) is 6.04 Å². The number of nitrogens with one attached hydrogen (secondary N) is 1. The first-order chi connectivity index (χ1) is 9.68. The van der Waals surface area contributed by atoms with Crippen molar-refractivity contribution in [1.82, 2.24) is 4.72 Å². The lowest BCUT2D eigenvalue weighted by Gasteiger charge is -2.26. The summed E-state index contributed by atoms with van der Waals surface area (Å²) in [5, 5.41) is 0. The minimum absolute atomic E-state index is 0.0616. The number of halogens is 1. The minimum Gasteiger partial charge on any atom is -0.208 e. The van der Waals surface area contributed by atoms with Crippen molar-refractivity contribution in [3.8, 4) is 0 Å². The van der Waals surface area contributed by atoms with Crippen LogP contribution in [-0.4, -0.2) is 22.9 Å². The lowest BCUT2D eigenvalue weighted by Crippen LogP contribution is -2.37. The van der Waals surface area contributed by atoms with Crippen molar-refractivity contribution in [2.24, 2.45) is 5.92 Å². The SMILES string of the molecule is CC1CCC(NS(=O)(=O)c2ccc(S(=O)(=O)F)cc2)CC1. The van der Waals surface area contributed by atoms with Crippen molar-refractivity contribution in [3.05, 3.63) is 24.3 Å². The van der Waals surface area contributed by atoms with Crippen LogP contribution in [-0.2, 0) is 20.2 Å². The quantitative estimate of drug-likeness (QED) is 0.856. The summed E-state index contributed by atoms with van der Waals surface area (Å²) in [5.74, 6) is 0.611. The van der Waals surface area contributed by atoms with E-state index < -0.39 is 25.1 Å². The Morgan fingerprint density at radius 3 is 1.90 bits per heavy atom. The molecule has 0 unspecified atom stereocenters. The number of sulfonamides is 1. The van der Waals surface area contributed by atoms with Crippen LogP contribution in [0, 0.1) is 5.92 Å². The van der Waals surface area contributed by atoms with E-state index in [1.54, 1.807) is 0 Å². The average molecular weight is 335 g/mol. The first-order valence-electron chi connectivity index (χ1n) is 6.75. The van der Waals surface area contributed by atoms with E-state index in [2.05, 4.69) is 11.6 Å². The summed E-state index contributed by atoms with van der Waals surface area (Å²) in [6, 6.07) is 4.00. The van der Waals surface area contributed by atoms with Crippen LogP contribution in [0.1, 0.15) is 32.6 Å². The molecular formula is C13H18FNO4S2. The van der Waals surface area contributed by atoms with Gasteiger partial charge in [-0.15, -0.1) is 3.89 Å². The Bertz CT molecular complexity index is 690. The summed E-state index contributed by atoms with van der Waals surface area (Å²) in [6.45, 7) is 2.14. The highest BCUT2D eigenvalue weighted by molar-refractivity contribution is 7.89. The highest BCUT2D eigenvalue weighted by Gasteiger charge is 2.24. The molecule has 0 heterocycles. The monoisotopic (exact) mass is 335 g/mol. The Hall–Kier alpha value is -0.990. The van der Waals surface area contributed by atoms with E-state index in [4.69, 9.17) is 0 Å². The molecule has 0 radical (unpaired) electrons. The predicted molar refractivity (Wildman–Crippen MR) is 76.5 cm³/mol. The van der Waals surface area contributed by atoms with Gasteiger partial charge in [-0.2, -0.15) is 8.42 Å². The van der Waals surface area contributed by atoms with Gasteiger partial charge in [-0.1, -0.05) is 6.92 Å². The molecule has 0 amide bonds. The van der Waals surface area contributed by atoms with Gasteiger partial charge >= 0.3 is 10.2 Å². The summed E-state index contributed by atoms with van der Waals surface area (Å²) < 4.78 is 61.2. The largest absolute Gasteiger partial charge is 0.332 e. The molecule has 8 heteroatoms. The summed E-state index contributed by atoms with van der Waals surface area (Å²) in [7, 11) is -8.52. The highest BCUT2D eigenvalue weighted by atomic mass is 32.3. The van der Waals surface area contributed by atoms with Crippen molar-refractivity contribution in [2.45, 2.75) is 48.4 Å². The van der Waals surface area contributed by atoms with Crippen LogP contribution >= 0.6 is 0 Å². The molecule has 1 aliphatic carbocycles. The lowest BCUT2D eigenvalue weighted by atomic mass is 9.88. The molecule has 1 fully saturated rings. The van der Waals surface area contributed by atoms with E-state index in [0.717, 1.165) is 49.9 Å². The fourth-order valence-electron chi connectivity index (χ4n) is 2.45. The van der Waals surface area contributed by atoms with E-state index in [1.165, 1.54) is 0 Å². The fraction of sp³-hybridized carbons (Fsp3) is 0.538. The van der Waals surface area contributed by atoms with Crippen molar-refractivity contribution in [1.29, 1.82) is 0 Å². The maximum absolute atomic E-state index is 12.8. The summed E-state index contributed by atoms with van der Waals surface area (Å²) in [6.07, 6.45) is 3.53. The molecule has 0 aliphatic heterocycles. The molecule has 0 spiro atoms. The van der Waals surface area contributed by atoms with Gasteiger partial charge in [0.1, 0.15) is 0 Å². The molecule has 21 heavy (non-hydrogen) atoms. The second kappa shape index (κ2) is 6.02. The molecular weight excluding hydrogens is 317 g/mol. The highest BCUT2D eigenvalue weighted by Crippen LogP contribution is 2.25. The van der Waals surface area contributed by atoms with Gasteiger partial charge in [-0.25, -0.2) is 13.1 Å². The maximum Gasteiger partial charge on any atom is 0.332 e. The third-order valence-corrected chi connectivity index (χ3v) is 6.12. The third-order valence-electron chi connectivity index (χ3n) is 3.75. The zero-order valence-corrected chi connectivity index (χ0v) is 13.3. The molecule has 0 saturated heterocycles. The van der Waals surface area contributed by atoms with Crippen molar-refractivity contribution >= 4 is 20.2 Å². The lowest BCUT2D eigenvalue weighted by molar-refractivity contribution is 0.332. The van der Waals surface area contributed by atoms with Gasteiger partial charge in [0.15, 0.2) is 0 Å². The third kappa shape index (κ3) is 4.24. The van der Waals surface area contributed by atoms with Crippen LogP contribution in [0.5, 0.6) is 0 Å². The van der Waals surface area contributed by atoms with Crippen LogP contribution in [0.2, 0.25) is 0 Å². The van der Waals surface area contributed by atoms with Gasteiger partial charge in [0.05, 0.1) is 9.79 Å². The molecule has 0 atom stereocenters. The van der Waals surface area contributed by atoms with Crippen LogP contribution in [0.25, 0.3) is 0 Å². The molecule has 5 nitrogen and oxygen atoms in total. The molecule has 0 bridgehead atoms. The van der Waals surface area contributed by atoms with Gasteiger partial charge in [0.25, 0.3) is 0 Å². The normalized spacial score (nSPS) is 23.9. The van der Waals surface area contributed by atoms with Gasteiger partial charge < -0.3 is 0 Å². The predicted octanol–water partition coefficient (Wildman–Crippen LogP) is 2.20. The van der Waals surface area contributed by atoms with Gasteiger partial charge in [-0.05, 0) is 55.9 Å². The molecule has 1 N–H and O–H groups in total. The van der Waals surface area contributed by atoms with E-state index in [9.17, 15) is 20.7 Å². The van der Waals surface area contributed by atoms with Crippen LogP contribution in [0.3, 0.4) is 0 Å². The first-order valence-corrected chi connectivity index (χ1v) is 9.62. The summed E-state index contributed by atoms with van der Waals surface area (Å²) in [4.78, 5) is -0.610. The van der Waals surface area contributed by atoms with Gasteiger partial charge in [-0.3, -0.25) is 0 Å². The zero-order chi connectivity index (χ0) is 15.7.